The van der Waals surface area contributed by atoms with E-state index in [2.05, 4.69) is 0 Å². The van der Waals surface area contributed by atoms with Gasteiger partial charge in [-0.1, -0.05) is 11.8 Å². The molecule has 0 N–H and O–H groups in total. The van der Waals surface area contributed by atoms with Gasteiger partial charge in [-0.25, -0.2) is 0 Å². The van der Waals surface area contributed by atoms with Crippen LogP contribution in [-0.4, -0.2) is 5.78 Å². The van der Waals surface area contributed by atoms with Crippen LogP contribution in [-0.2, 0) is 9.53 Å². The molecule has 0 amide bonds. The Morgan fingerprint density at radius 1 is 1.82 bits per heavy atom. The second-order valence-corrected chi connectivity index (χ2v) is 2.72. The number of carbonyl (C=O) groups is 1. The Kier molecular flexibility index (Phi) is 2.34. The van der Waals surface area contributed by atoms with Crippen LogP contribution in [0, 0.1) is 11.3 Å². The predicted octanol–water partition coefficient (Wildman–Crippen LogP) is 1.55. The number of allylic oxidation sites excluding steroid dienone is 1. The van der Waals surface area contributed by atoms with E-state index in [1.807, 2.05) is 0 Å². The average Bonchev–Trinajstić information content (AvgIpc) is 2.40. The van der Waals surface area contributed by atoms with E-state index in [9.17, 15) is 4.79 Å². The molecule has 56 valence electrons. The third kappa shape index (κ3) is 1.63. The van der Waals surface area contributed by atoms with Crippen LogP contribution in [0.4, 0.5) is 0 Å². The van der Waals surface area contributed by atoms with Crippen LogP contribution in [0.5, 0.6) is 0 Å². The van der Waals surface area contributed by atoms with Crippen LogP contribution in [0.2, 0.25) is 0 Å². The van der Waals surface area contributed by atoms with Crippen molar-refractivity contribution in [1.82, 2.24) is 0 Å². The molecule has 0 saturated heterocycles. The molecule has 0 fully saturated rings. The second kappa shape index (κ2) is 3.26. The lowest BCUT2D eigenvalue weighted by molar-refractivity contribution is -0.113. The zero-order valence-corrected chi connectivity index (χ0v) is 6.64. The van der Waals surface area contributed by atoms with Gasteiger partial charge in [0.25, 0.3) is 0 Å². The molecule has 4 heteroatoms. The summed E-state index contributed by atoms with van der Waals surface area (Å²) in [7, 11) is 0. The smallest absolute Gasteiger partial charge is 0.185 e. The van der Waals surface area contributed by atoms with E-state index in [4.69, 9.17) is 10.00 Å². The Morgan fingerprint density at radius 3 is 2.91 bits per heavy atom. The Hall–Kier alpha value is -1.21. The minimum atomic E-state index is -0.265. The van der Waals surface area contributed by atoms with Gasteiger partial charge in [0.2, 0.25) is 0 Å². The van der Waals surface area contributed by atoms with E-state index in [1.54, 1.807) is 11.5 Å². The molecule has 1 aliphatic rings. The van der Waals surface area contributed by atoms with Gasteiger partial charge in [-0.15, -0.1) is 0 Å². The molecule has 0 aromatic heterocycles. The number of carbonyl (C=O) groups excluding carboxylic acids is 1. The number of hydrogen-bond donors (Lipinski definition) is 0. The molecule has 1 aliphatic heterocycles. The number of nitrogens with zero attached hydrogens (tertiary/aromatic N) is 1. The molecule has 0 aromatic rings. The lowest BCUT2D eigenvalue weighted by Gasteiger charge is -1.96. The molecule has 0 saturated carbocycles. The molecule has 3 nitrogen and oxygen atoms in total. The summed E-state index contributed by atoms with van der Waals surface area (Å²) in [5.74, 6) is -0.265. The first-order chi connectivity index (χ1) is 5.25. The topological polar surface area (TPSA) is 50.1 Å². The van der Waals surface area contributed by atoms with Gasteiger partial charge in [0.15, 0.2) is 10.9 Å². The first-order valence-corrected chi connectivity index (χ1v) is 3.77. The number of thioether (sulfide) groups is 1. The largest absolute Gasteiger partial charge is 0.456 e. The highest BCUT2D eigenvalue weighted by Crippen LogP contribution is 2.28. The number of nitriles is 1. The predicted molar refractivity (Wildman–Crippen MR) is 41.1 cm³/mol. The molecule has 0 unspecified atom stereocenters. The van der Waals surface area contributed by atoms with Crippen molar-refractivity contribution in [3.8, 4) is 6.07 Å². The highest BCUT2D eigenvalue weighted by Gasteiger charge is 2.14. The third-order valence-corrected chi connectivity index (χ3v) is 1.84. The fraction of sp³-hybridized carbons (Fsp3) is 0.143. The highest BCUT2D eigenvalue weighted by molar-refractivity contribution is 8.05. The summed E-state index contributed by atoms with van der Waals surface area (Å²) >= 11 is 1.24. The molecular weight excluding hydrogens is 162 g/mol. The number of hydrogen-bond acceptors (Lipinski definition) is 4. The van der Waals surface area contributed by atoms with E-state index < -0.39 is 0 Å². The van der Waals surface area contributed by atoms with Crippen molar-refractivity contribution in [3.05, 3.63) is 22.3 Å². The van der Waals surface area contributed by atoms with E-state index in [0.29, 0.717) is 5.09 Å². The van der Waals surface area contributed by atoms with E-state index >= 15 is 0 Å². The van der Waals surface area contributed by atoms with Crippen molar-refractivity contribution < 1.29 is 9.53 Å². The average molecular weight is 167 g/mol. The van der Waals surface area contributed by atoms with Crippen molar-refractivity contribution in [1.29, 1.82) is 5.26 Å². The number of rotatable bonds is 1. The molecule has 0 radical (unpaired) electrons. The summed E-state index contributed by atoms with van der Waals surface area (Å²) in [5.41, 5.74) is 0.0833. The summed E-state index contributed by atoms with van der Waals surface area (Å²) in [6.45, 7) is 1.34. The summed E-state index contributed by atoms with van der Waals surface area (Å²) in [5, 5.41) is 10.6. The molecule has 11 heavy (non-hydrogen) atoms. The van der Waals surface area contributed by atoms with Crippen LogP contribution in [0.25, 0.3) is 0 Å². The van der Waals surface area contributed by atoms with Crippen molar-refractivity contribution >= 4 is 17.5 Å². The van der Waals surface area contributed by atoms with Crippen LogP contribution >= 0.6 is 11.8 Å². The third-order valence-electron chi connectivity index (χ3n) is 1.07. The zero-order valence-electron chi connectivity index (χ0n) is 5.83. The van der Waals surface area contributed by atoms with Gasteiger partial charge >= 0.3 is 0 Å². The van der Waals surface area contributed by atoms with Gasteiger partial charge in [0.05, 0.1) is 6.26 Å². The lowest BCUT2D eigenvalue weighted by atomic mass is 10.2. The normalized spacial score (nSPS) is 18.9. The van der Waals surface area contributed by atoms with Gasteiger partial charge in [-0.3, -0.25) is 4.79 Å². The number of Topliss-reactive ketones (excluding diaryl/α,β-unsaturated/α-hetero) is 1. The molecular formula is C7H5NO2S. The first-order valence-electron chi connectivity index (χ1n) is 2.89. The standard InChI is InChI=1S/C7H5NO2S/c1-5(9)6(4-8)7-10-2-3-11-7/h2-3H,1H3/b7-6-. The van der Waals surface area contributed by atoms with Crippen LogP contribution < -0.4 is 0 Å². The quantitative estimate of drug-likeness (QED) is 0.439. The van der Waals surface area contributed by atoms with Crippen LogP contribution in [0.3, 0.4) is 0 Å². The Morgan fingerprint density at radius 2 is 2.55 bits per heavy atom. The maximum Gasteiger partial charge on any atom is 0.185 e. The van der Waals surface area contributed by atoms with Crippen molar-refractivity contribution in [2.45, 2.75) is 6.92 Å². The Labute approximate surface area is 68.3 Å². The minimum absolute atomic E-state index is 0.0833. The summed E-state index contributed by atoms with van der Waals surface area (Å²) in [6, 6.07) is 1.79. The molecule has 0 spiro atoms. The maximum atomic E-state index is 10.8. The Bertz CT molecular complexity index is 275. The van der Waals surface area contributed by atoms with Gasteiger partial charge < -0.3 is 4.74 Å². The molecule has 0 aromatic carbocycles. The summed E-state index contributed by atoms with van der Waals surface area (Å²) in [4.78, 5) is 10.8. The van der Waals surface area contributed by atoms with E-state index in [-0.39, 0.29) is 11.4 Å². The summed E-state index contributed by atoms with van der Waals surface area (Å²) in [6.07, 6.45) is 1.44. The fourth-order valence-corrected chi connectivity index (χ4v) is 1.25. The van der Waals surface area contributed by atoms with Gasteiger partial charge in [0, 0.05) is 12.3 Å². The first kappa shape index (κ1) is 7.89. The number of ketones is 1. The SMILES string of the molecule is CC(=O)/C(C#N)=C1/OC=CS1. The maximum absolute atomic E-state index is 10.8. The van der Waals surface area contributed by atoms with Crippen molar-refractivity contribution in [3.63, 3.8) is 0 Å². The fourth-order valence-electron chi connectivity index (χ4n) is 0.593. The highest BCUT2D eigenvalue weighted by atomic mass is 32.2. The monoisotopic (exact) mass is 167 g/mol. The zero-order chi connectivity index (χ0) is 8.27. The van der Waals surface area contributed by atoms with E-state index in [1.165, 1.54) is 24.9 Å². The lowest BCUT2D eigenvalue weighted by Crippen LogP contribution is -1.96. The van der Waals surface area contributed by atoms with Crippen LogP contribution in [0.15, 0.2) is 22.3 Å². The van der Waals surface area contributed by atoms with Gasteiger partial charge in [-0.2, -0.15) is 5.26 Å². The second-order valence-electron chi connectivity index (χ2n) is 1.84. The van der Waals surface area contributed by atoms with E-state index in [0.717, 1.165) is 0 Å². The van der Waals surface area contributed by atoms with Gasteiger partial charge in [-0.05, 0) is 0 Å². The van der Waals surface area contributed by atoms with Crippen molar-refractivity contribution in [2.24, 2.45) is 0 Å². The minimum Gasteiger partial charge on any atom is -0.456 e. The molecule has 1 heterocycles. The van der Waals surface area contributed by atoms with Gasteiger partial charge in [0.1, 0.15) is 11.6 Å². The molecule has 0 bridgehead atoms. The van der Waals surface area contributed by atoms with Crippen molar-refractivity contribution in [2.75, 3.05) is 0 Å². The number of ether oxygens (including phenoxy) is 1. The van der Waals surface area contributed by atoms with Crippen LogP contribution in [0.1, 0.15) is 6.92 Å². The summed E-state index contributed by atoms with van der Waals surface area (Å²) < 4.78 is 4.89. The molecule has 1 rings (SSSR count). The molecule has 0 aliphatic carbocycles. The Balaban J connectivity index is 2.93. The molecule has 0 atom stereocenters.